The van der Waals surface area contributed by atoms with E-state index < -0.39 is 0 Å². The molecule has 1 heterocycles. The molecule has 2 aliphatic rings. The van der Waals surface area contributed by atoms with Crippen molar-refractivity contribution in [2.75, 3.05) is 13.1 Å². The first-order chi connectivity index (χ1) is 9.72. The maximum Gasteiger partial charge on any atom is 0.226 e. The van der Waals surface area contributed by atoms with Crippen molar-refractivity contribution in [2.24, 2.45) is 11.7 Å². The molecule has 2 fully saturated rings. The Labute approximate surface area is 121 Å². The van der Waals surface area contributed by atoms with E-state index in [4.69, 9.17) is 5.73 Å². The number of rotatable bonds is 3. The Morgan fingerprint density at radius 3 is 2.90 bits per heavy atom. The molecule has 1 aliphatic heterocycles. The molecule has 1 aromatic carbocycles. The third kappa shape index (κ3) is 2.47. The van der Waals surface area contributed by atoms with Gasteiger partial charge in [-0.25, -0.2) is 0 Å². The summed E-state index contributed by atoms with van der Waals surface area (Å²) in [4.78, 5) is 14.8. The van der Waals surface area contributed by atoms with E-state index in [-0.39, 0.29) is 12.0 Å². The number of piperidine rings is 1. The van der Waals surface area contributed by atoms with Crippen molar-refractivity contribution in [3.05, 3.63) is 35.4 Å². The molecule has 1 saturated heterocycles. The summed E-state index contributed by atoms with van der Waals surface area (Å²) in [5, 5.41) is 0. The minimum Gasteiger partial charge on any atom is -0.338 e. The zero-order valence-electron chi connectivity index (χ0n) is 12.2. The Bertz CT molecular complexity index is 500. The zero-order chi connectivity index (χ0) is 14.1. The molecule has 0 bridgehead atoms. The predicted octanol–water partition coefficient (Wildman–Crippen LogP) is 2.44. The van der Waals surface area contributed by atoms with Gasteiger partial charge in [0, 0.05) is 25.0 Å². The summed E-state index contributed by atoms with van der Waals surface area (Å²) in [6.07, 6.45) is 4.42. The highest BCUT2D eigenvalue weighted by Gasteiger charge is 2.47. The number of nitrogens with two attached hydrogens (primary N) is 1. The number of aryl methyl sites for hydroxylation is 1. The van der Waals surface area contributed by atoms with E-state index >= 15 is 0 Å². The molecule has 1 saturated carbocycles. The fourth-order valence-corrected chi connectivity index (χ4v) is 3.56. The largest absolute Gasteiger partial charge is 0.338 e. The first kappa shape index (κ1) is 13.6. The van der Waals surface area contributed by atoms with Gasteiger partial charge in [-0.3, -0.25) is 4.79 Å². The molecule has 1 amide bonds. The Balaban J connectivity index is 1.69. The lowest BCUT2D eigenvalue weighted by atomic mass is 10.00. The smallest absolute Gasteiger partial charge is 0.226 e. The number of amides is 1. The van der Waals surface area contributed by atoms with E-state index in [1.165, 1.54) is 17.5 Å². The molecule has 3 heteroatoms. The van der Waals surface area contributed by atoms with E-state index in [2.05, 4.69) is 36.1 Å². The van der Waals surface area contributed by atoms with Crippen molar-refractivity contribution < 1.29 is 4.79 Å². The number of carbonyl (C=O) groups excluding carboxylic acids is 1. The second-order valence-corrected chi connectivity index (χ2v) is 6.22. The highest BCUT2D eigenvalue weighted by molar-refractivity contribution is 5.83. The molecule has 0 spiro atoms. The lowest BCUT2D eigenvalue weighted by Crippen LogP contribution is -2.48. The van der Waals surface area contributed by atoms with Crippen LogP contribution in [0.5, 0.6) is 0 Å². The van der Waals surface area contributed by atoms with Gasteiger partial charge < -0.3 is 10.6 Å². The van der Waals surface area contributed by atoms with Gasteiger partial charge in [0.1, 0.15) is 0 Å². The molecule has 20 heavy (non-hydrogen) atoms. The van der Waals surface area contributed by atoms with Gasteiger partial charge in [0.25, 0.3) is 0 Å². The van der Waals surface area contributed by atoms with Crippen LogP contribution in [0.4, 0.5) is 0 Å². The van der Waals surface area contributed by atoms with E-state index in [9.17, 15) is 4.79 Å². The van der Waals surface area contributed by atoms with Crippen LogP contribution in [0.1, 0.15) is 42.7 Å². The monoisotopic (exact) mass is 272 g/mol. The van der Waals surface area contributed by atoms with Crippen LogP contribution >= 0.6 is 0 Å². The highest BCUT2D eigenvalue weighted by Crippen LogP contribution is 2.49. The summed E-state index contributed by atoms with van der Waals surface area (Å²) < 4.78 is 0. The van der Waals surface area contributed by atoms with Crippen LogP contribution < -0.4 is 5.73 Å². The van der Waals surface area contributed by atoms with Crippen LogP contribution in [0.2, 0.25) is 0 Å². The van der Waals surface area contributed by atoms with Crippen molar-refractivity contribution >= 4 is 5.91 Å². The van der Waals surface area contributed by atoms with Crippen LogP contribution in [0.15, 0.2) is 24.3 Å². The van der Waals surface area contributed by atoms with E-state index in [0.29, 0.717) is 18.4 Å². The normalized spacial score (nSPS) is 29.3. The summed E-state index contributed by atoms with van der Waals surface area (Å²) in [7, 11) is 0. The molecule has 0 unspecified atom stereocenters. The summed E-state index contributed by atoms with van der Waals surface area (Å²) in [5.74, 6) is 0.973. The zero-order valence-corrected chi connectivity index (χ0v) is 12.2. The van der Waals surface area contributed by atoms with Crippen LogP contribution in [-0.2, 0) is 4.79 Å². The molecular formula is C17H24N2O. The van der Waals surface area contributed by atoms with Crippen molar-refractivity contribution in [1.29, 1.82) is 0 Å². The van der Waals surface area contributed by atoms with Crippen molar-refractivity contribution in [1.82, 2.24) is 4.90 Å². The fraction of sp³-hybridized carbons (Fsp3) is 0.588. The number of hydrogen-bond acceptors (Lipinski definition) is 2. The summed E-state index contributed by atoms with van der Waals surface area (Å²) >= 11 is 0. The maximum absolute atomic E-state index is 12.7. The molecule has 0 aromatic heterocycles. The molecule has 3 rings (SSSR count). The average Bonchev–Trinajstić information content (AvgIpc) is 3.27. The first-order valence-electron chi connectivity index (χ1n) is 7.78. The fourth-order valence-electron chi connectivity index (χ4n) is 3.56. The molecule has 108 valence electrons. The minimum absolute atomic E-state index is 0.197. The van der Waals surface area contributed by atoms with Gasteiger partial charge in [0.15, 0.2) is 0 Å². The Hall–Kier alpha value is -1.35. The number of nitrogens with zero attached hydrogens (tertiary/aromatic N) is 1. The van der Waals surface area contributed by atoms with Gasteiger partial charge in [0.05, 0.1) is 0 Å². The van der Waals surface area contributed by atoms with Crippen LogP contribution in [-0.4, -0.2) is 29.9 Å². The average molecular weight is 272 g/mol. The molecular weight excluding hydrogens is 248 g/mol. The molecule has 1 aromatic rings. The Kier molecular flexibility index (Phi) is 3.79. The predicted molar refractivity (Wildman–Crippen MR) is 80.4 cm³/mol. The van der Waals surface area contributed by atoms with Gasteiger partial charge in [-0.2, -0.15) is 0 Å². The van der Waals surface area contributed by atoms with Gasteiger partial charge in [0.2, 0.25) is 5.91 Å². The van der Waals surface area contributed by atoms with Gasteiger partial charge in [-0.15, -0.1) is 0 Å². The lowest BCUT2D eigenvalue weighted by Gasteiger charge is -2.35. The number of hydrogen-bond donors (Lipinski definition) is 1. The van der Waals surface area contributed by atoms with E-state index in [0.717, 1.165) is 25.8 Å². The van der Waals surface area contributed by atoms with Crippen molar-refractivity contribution in [2.45, 2.75) is 44.6 Å². The quantitative estimate of drug-likeness (QED) is 0.918. The van der Waals surface area contributed by atoms with E-state index in [1.54, 1.807) is 0 Å². The SMILES string of the molecule is Cc1ccccc1[C@@H]1C[C@H]1C(=O)N1CCCC[C@@H]1CN. The summed E-state index contributed by atoms with van der Waals surface area (Å²) in [6, 6.07) is 8.72. The Morgan fingerprint density at radius 2 is 2.15 bits per heavy atom. The maximum atomic E-state index is 12.7. The number of likely N-dealkylation sites (tertiary alicyclic amines) is 1. The minimum atomic E-state index is 0.197. The van der Waals surface area contributed by atoms with Crippen molar-refractivity contribution in [3.63, 3.8) is 0 Å². The lowest BCUT2D eigenvalue weighted by molar-refractivity contribution is -0.136. The van der Waals surface area contributed by atoms with Gasteiger partial charge in [-0.1, -0.05) is 24.3 Å². The highest BCUT2D eigenvalue weighted by atomic mass is 16.2. The molecule has 0 radical (unpaired) electrons. The molecule has 1 aliphatic carbocycles. The third-order valence-corrected chi connectivity index (χ3v) is 4.88. The number of carbonyl (C=O) groups is 1. The molecule has 3 atom stereocenters. The third-order valence-electron chi connectivity index (χ3n) is 4.88. The van der Waals surface area contributed by atoms with Gasteiger partial charge >= 0.3 is 0 Å². The first-order valence-corrected chi connectivity index (χ1v) is 7.78. The second kappa shape index (κ2) is 5.57. The topological polar surface area (TPSA) is 46.3 Å². The standard InChI is InChI=1S/C17H24N2O/c1-12-6-2-3-8-14(12)15-10-16(15)17(20)19-9-5-4-7-13(19)11-18/h2-3,6,8,13,15-16H,4-5,7,9-11,18H2,1H3/t13-,15+,16-/m1/s1. The van der Waals surface area contributed by atoms with Gasteiger partial charge in [-0.05, 0) is 49.7 Å². The van der Waals surface area contributed by atoms with Crippen LogP contribution in [0, 0.1) is 12.8 Å². The second-order valence-electron chi connectivity index (χ2n) is 6.22. The van der Waals surface area contributed by atoms with E-state index in [1.807, 2.05) is 0 Å². The summed E-state index contributed by atoms with van der Waals surface area (Å²) in [6.45, 7) is 3.64. The van der Waals surface area contributed by atoms with Crippen LogP contribution in [0.25, 0.3) is 0 Å². The molecule has 2 N–H and O–H groups in total. The number of benzene rings is 1. The van der Waals surface area contributed by atoms with Crippen LogP contribution in [0.3, 0.4) is 0 Å². The molecule has 3 nitrogen and oxygen atoms in total. The Morgan fingerprint density at radius 1 is 1.35 bits per heavy atom. The summed E-state index contributed by atoms with van der Waals surface area (Å²) in [5.41, 5.74) is 8.49. The van der Waals surface area contributed by atoms with Crippen molar-refractivity contribution in [3.8, 4) is 0 Å².